The third kappa shape index (κ3) is 4.72. The Bertz CT molecular complexity index is 926. The molecule has 27 heavy (non-hydrogen) atoms. The van der Waals surface area contributed by atoms with E-state index in [4.69, 9.17) is 4.74 Å². The van der Waals surface area contributed by atoms with Crippen molar-refractivity contribution in [1.29, 1.82) is 0 Å². The van der Waals surface area contributed by atoms with Crippen LogP contribution in [0.5, 0.6) is 0 Å². The Labute approximate surface area is 153 Å². The Morgan fingerprint density at radius 3 is 2.33 bits per heavy atom. The number of hydrazine groups is 1. The van der Waals surface area contributed by atoms with E-state index in [1.54, 1.807) is 42.5 Å². The van der Waals surface area contributed by atoms with E-state index in [9.17, 15) is 14.4 Å². The predicted octanol–water partition coefficient (Wildman–Crippen LogP) is 0.280. The molecule has 0 aliphatic carbocycles. The van der Waals surface area contributed by atoms with Gasteiger partial charge in [-0.05, 0) is 46.8 Å². The lowest BCUT2D eigenvalue weighted by Crippen LogP contribution is -2.43. The zero-order valence-electron chi connectivity index (χ0n) is 13.9. The highest BCUT2D eigenvalue weighted by atomic mass is 16.5. The number of tetrazole rings is 1. The van der Waals surface area contributed by atoms with E-state index in [0.717, 1.165) is 0 Å². The number of nitrogens with one attached hydrogen (secondary N) is 2. The lowest BCUT2D eigenvalue weighted by atomic mass is 10.2. The average Bonchev–Trinajstić information content (AvgIpc) is 3.26. The van der Waals surface area contributed by atoms with Crippen molar-refractivity contribution < 1.29 is 19.1 Å². The van der Waals surface area contributed by atoms with Gasteiger partial charge in [0.05, 0.1) is 11.3 Å². The lowest BCUT2D eigenvalue weighted by Gasteiger charge is -2.08. The maximum Gasteiger partial charge on any atom is 0.338 e. The van der Waals surface area contributed by atoms with Crippen LogP contribution in [0.2, 0.25) is 0 Å². The molecular formula is C17H14N6O4. The number of aromatic nitrogens is 4. The zero-order valence-corrected chi connectivity index (χ0v) is 13.9. The SMILES string of the molecule is O=C(COC(=O)c1ccc(-n2cnnn2)cc1)NNC(=O)c1ccccc1. The first-order valence-corrected chi connectivity index (χ1v) is 7.78. The van der Waals surface area contributed by atoms with Crippen molar-refractivity contribution in [2.75, 3.05) is 6.61 Å². The quantitative estimate of drug-likeness (QED) is 0.490. The molecule has 0 aliphatic heterocycles. The van der Waals surface area contributed by atoms with Crippen LogP contribution in [0.25, 0.3) is 5.69 Å². The average molecular weight is 366 g/mol. The maximum atomic E-state index is 12.0. The molecule has 0 fully saturated rings. The van der Waals surface area contributed by atoms with E-state index >= 15 is 0 Å². The van der Waals surface area contributed by atoms with Gasteiger partial charge in [-0.15, -0.1) is 5.10 Å². The van der Waals surface area contributed by atoms with E-state index in [2.05, 4.69) is 26.4 Å². The van der Waals surface area contributed by atoms with Crippen LogP contribution < -0.4 is 10.9 Å². The number of rotatable bonds is 5. The molecule has 0 spiro atoms. The van der Waals surface area contributed by atoms with Gasteiger partial charge in [-0.1, -0.05) is 18.2 Å². The molecule has 0 radical (unpaired) electrons. The van der Waals surface area contributed by atoms with E-state index in [-0.39, 0.29) is 5.56 Å². The molecule has 10 heteroatoms. The van der Waals surface area contributed by atoms with Gasteiger partial charge in [-0.25, -0.2) is 9.48 Å². The molecule has 3 rings (SSSR count). The van der Waals surface area contributed by atoms with Gasteiger partial charge in [0, 0.05) is 5.56 Å². The van der Waals surface area contributed by atoms with Crippen molar-refractivity contribution in [3.8, 4) is 5.69 Å². The first-order chi connectivity index (χ1) is 13.1. The van der Waals surface area contributed by atoms with Crippen LogP contribution in [0.3, 0.4) is 0 Å². The Hall–Kier alpha value is -4.08. The Morgan fingerprint density at radius 2 is 1.67 bits per heavy atom. The minimum absolute atomic E-state index is 0.257. The van der Waals surface area contributed by atoms with Crippen LogP contribution in [0.15, 0.2) is 60.9 Å². The summed E-state index contributed by atoms with van der Waals surface area (Å²) in [5.41, 5.74) is 5.72. The minimum Gasteiger partial charge on any atom is -0.452 e. The molecule has 0 bridgehead atoms. The molecule has 10 nitrogen and oxygen atoms in total. The molecule has 0 saturated heterocycles. The summed E-state index contributed by atoms with van der Waals surface area (Å²) >= 11 is 0. The molecular weight excluding hydrogens is 352 g/mol. The molecule has 0 atom stereocenters. The van der Waals surface area contributed by atoms with E-state index < -0.39 is 24.4 Å². The summed E-state index contributed by atoms with van der Waals surface area (Å²) in [6.07, 6.45) is 1.42. The van der Waals surface area contributed by atoms with Gasteiger partial charge in [0.1, 0.15) is 6.33 Å². The smallest absolute Gasteiger partial charge is 0.338 e. The van der Waals surface area contributed by atoms with E-state index in [0.29, 0.717) is 11.3 Å². The third-order valence-corrected chi connectivity index (χ3v) is 3.40. The van der Waals surface area contributed by atoms with Crippen LogP contribution in [0, 0.1) is 0 Å². The highest BCUT2D eigenvalue weighted by Gasteiger charge is 2.12. The summed E-state index contributed by atoms with van der Waals surface area (Å²) in [6, 6.07) is 14.7. The number of carbonyl (C=O) groups excluding carboxylic acids is 3. The maximum absolute atomic E-state index is 12.0. The van der Waals surface area contributed by atoms with Gasteiger partial charge in [-0.3, -0.25) is 20.4 Å². The second-order valence-corrected chi connectivity index (χ2v) is 5.25. The van der Waals surface area contributed by atoms with Crippen molar-refractivity contribution in [1.82, 2.24) is 31.1 Å². The van der Waals surface area contributed by atoms with Crippen molar-refractivity contribution >= 4 is 17.8 Å². The van der Waals surface area contributed by atoms with Crippen LogP contribution in [-0.2, 0) is 9.53 Å². The van der Waals surface area contributed by atoms with Crippen molar-refractivity contribution in [2.24, 2.45) is 0 Å². The number of carbonyl (C=O) groups is 3. The molecule has 136 valence electrons. The standard InChI is InChI=1S/C17H14N6O4/c24-15(19-20-16(25)12-4-2-1-3-5-12)10-27-17(26)13-6-8-14(9-7-13)23-11-18-21-22-23/h1-9,11H,10H2,(H,19,24)(H,20,25). The molecule has 2 N–H and O–H groups in total. The second-order valence-electron chi connectivity index (χ2n) is 5.25. The normalized spacial score (nSPS) is 10.1. The number of esters is 1. The molecule has 0 saturated carbocycles. The molecule has 2 aromatic carbocycles. The first-order valence-electron chi connectivity index (χ1n) is 7.78. The number of ether oxygens (including phenoxy) is 1. The summed E-state index contributed by atoms with van der Waals surface area (Å²) in [5, 5.41) is 10.8. The number of hydrogen-bond acceptors (Lipinski definition) is 7. The number of benzene rings is 2. The number of amides is 2. The molecule has 2 amide bonds. The Balaban J connectivity index is 1.46. The zero-order chi connectivity index (χ0) is 19.1. The number of nitrogens with zero attached hydrogens (tertiary/aromatic N) is 4. The van der Waals surface area contributed by atoms with Gasteiger partial charge in [-0.2, -0.15) is 0 Å². The summed E-state index contributed by atoms with van der Waals surface area (Å²) in [5.74, 6) is -1.82. The van der Waals surface area contributed by atoms with E-state index in [1.165, 1.54) is 23.1 Å². The fourth-order valence-electron chi connectivity index (χ4n) is 2.07. The molecule has 1 aromatic heterocycles. The lowest BCUT2D eigenvalue weighted by molar-refractivity contribution is -0.125. The fourth-order valence-corrected chi connectivity index (χ4v) is 2.07. The molecule has 0 aliphatic rings. The van der Waals surface area contributed by atoms with Gasteiger partial charge in [0.15, 0.2) is 6.61 Å². The van der Waals surface area contributed by atoms with Crippen LogP contribution in [-0.4, -0.2) is 44.6 Å². The van der Waals surface area contributed by atoms with Crippen molar-refractivity contribution in [2.45, 2.75) is 0 Å². The molecule has 3 aromatic rings. The Morgan fingerprint density at radius 1 is 0.926 bits per heavy atom. The van der Waals surface area contributed by atoms with Crippen molar-refractivity contribution in [3.63, 3.8) is 0 Å². The Kier molecular flexibility index (Phi) is 5.48. The van der Waals surface area contributed by atoms with Gasteiger partial charge >= 0.3 is 5.97 Å². The third-order valence-electron chi connectivity index (χ3n) is 3.40. The highest BCUT2D eigenvalue weighted by molar-refractivity contribution is 5.96. The van der Waals surface area contributed by atoms with Crippen molar-refractivity contribution in [3.05, 3.63) is 72.1 Å². The van der Waals surface area contributed by atoms with E-state index in [1.807, 2.05) is 0 Å². The topological polar surface area (TPSA) is 128 Å². The summed E-state index contributed by atoms with van der Waals surface area (Å²) in [6.45, 7) is -0.539. The summed E-state index contributed by atoms with van der Waals surface area (Å²) < 4.78 is 6.34. The van der Waals surface area contributed by atoms with Crippen LogP contribution in [0.4, 0.5) is 0 Å². The van der Waals surface area contributed by atoms with Crippen LogP contribution >= 0.6 is 0 Å². The highest BCUT2D eigenvalue weighted by Crippen LogP contribution is 2.08. The second kappa shape index (κ2) is 8.34. The first kappa shape index (κ1) is 17.7. The van der Waals surface area contributed by atoms with Crippen LogP contribution in [0.1, 0.15) is 20.7 Å². The van der Waals surface area contributed by atoms with Gasteiger partial charge in [0.2, 0.25) is 0 Å². The van der Waals surface area contributed by atoms with Gasteiger partial charge in [0.25, 0.3) is 11.8 Å². The van der Waals surface area contributed by atoms with Gasteiger partial charge < -0.3 is 4.74 Å². The summed E-state index contributed by atoms with van der Waals surface area (Å²) in [4.78, 5) is 35.5. The minimum atomic E-state index is -0.678. The predicted molar refractivity (Wildman–Crippen MR) is 91.5 cm³/mol. The molecule has 0 unspecified atom stereocenters. The largest absolute Gasteiger partial charge is 0.452 e. The number of hydrogen-bond donors (Lipinski definition) is 2. The fraction of sp³-hybridized carbons (Fsp3) is 0.0588. The summed E-state index contributed by atoms with van der Waals surface area (Å²) in [7, 11) is 0. The molecule has 1 heterocycles. The monoisotopic (exact) mass is 366 g/mol.